The third-order valence-corrected chi connectivity index (χ3v) is 3.37. The maximum Gasteiger partial charge on any atom is 0.426 e. The molecule has 22 heavy (non-hydrogen) atoms. The first-order valence-corrected chi connectivity index (χ1v) is 6.97. The number of hydrogen-bond donors (Lipinski definition) is 0. The first-order valence-electron chi connectivity index (χ1n) is 6.97. The smallest absolute Gasteiger partial charge is 0.426 e. The lowest BCUT2D eigenvalue weighted by Crippen LogP contribution is -2.23. The molecule has 0 saturated heterocycles. The number of furan rings is 1. The van der Waals surface area contributed by atoms with E-state index in [1.807, 2.05) is 44.2 Å². The Labute approximate surface area is 126 Å². The summed E-state index contributed by atoms with van der Waals surface area (Å²) >= 11 is 0. The second kappa shape index (κ2) is 5.52. The van der Waals surface area contributed by atoms with Gasteiger partial charge in [0.15, 0.2) is 0 Å². The number of carbonyl (C=O) groups is 1. The molecule has 0 unspecified atom stereocenters. The van der Waals surface area contributed by atoms with Crippen LogP contribution in [0.15, 0.2) is 56.3 Å². The van der Waals surface area contributed by atoms with Crippen molar-refractivity contribution >= 4 is 23.0 Å². The molecule has 5 nitrogen and oxygen atoms in total. The van der Waals surface area contributed by atoms with Gasteiger partial charge in [0.1, 0.15) is 17.6 Å². The quantitative estimate of drug-likeness (QED) is 0.692. The van der Waals surface area contributed by atoms with Gasteiger partial charge in [0.2, 0.25) is 0 Å². The number of aromatic nitrogens is 1. The number of fused-ring (bicyclic) bond motifs is 1. The minimum absolute atomic E-state index is 0.00926. The summed E-state index contributed by atoms with van der Waals surface area (Å²) in [4.78, 5) is 23.9. The molecule has 3 rings (SSSR count). The van der Waals surface area contributed by atoms with Crippen LogP contribution >= 0.6 is 0 Å². The van der Waals surface area contributed by atoms with Crippen molar-refractivity contribution in [3.8, 4) is 0 Å². The summed E-state index contributed by atoms with van der Waals surface area (Å²) in [6, 6.07) is 9.41. The summed E-state index contributed by atoms with van der Waals surface area (Å²) in [6.07, 6.45) is 4.17. The van der Waals surface area contributed by atoms with Crippen LogP contribution in [0.4, 0.5) is 0 Å². The van der Waals surface area contributed by atoms with E-state index in [1.165, 1.54) is 12.3 Å². The van der Waals surface area contributed by atoms with Crippen LogP contribution in [-0.4, -0.2) is 10.5 Å². The second-order valence-corrected chi connectivity index (χ2v) is 5.27. The fraction of sp³-hybridized carbons (Fsp3) is 0.176. The van der Waals surface area contributed by atoms with E-state index >= 15 is 0 Å². The highest BCUT2D eigenvalue weighted by atomic mass is 16.4. The number of carbonyl (C=O) groups excluding carboxylic acids is 1. The van der Waals surface area contributed by atoms with Gasteiger partial charge in [-0.15, -0.1) is 0 Å². The number of nitrogens with zero attached hydrogens (tertiary/aromatic N) is 1. The molecule has 0 amide bonds. The van der Waals surface area contributed by atoms with Gasteiger partial charge in [-0.2, -0.15) is 0 Å². The Hall–Kier alpha value is -2.82. The monoisotopic (exact) mass is 297 g/mol. The number of allylic oxidation sites excluding steroid dienone is 1. The van der Waals surface area contributed by atoms with Crippen molar-refractivity contribution in [2.24, 2.45) is 0 Å². The Morgan fingerprint density at radius 2 is 2.05 bits per heavy atom. The van der Waals surface area contributed by atoms with Gasteiger partial charge in [0.25, 0.3) is 5.91 Å². The number of para-hydroxylation sites is 1. The molecule has 0 N–H and O–H groups in total. The number of rotatable bonds is 3. The van der Waals surface area contributed by atoms with Gasteiger partial charge >= 0.3 is 5.76 Å². The average molecular weight is 297 g/mol. The molecule has 0 radical (unpaired) electrons. The van der Waals surface area contributed by atoms with E-state index < -0.39 is 11.7 Å². The minimum Gasteiger partial charge on any atom is -0.457 e. The van der Waals surface area contributed by atoms with E-state index in [2.05, 4.69) is 0 Å². The molecular weight excluding hydrogens is 282 g/mol. The fourth-order valence-corrected chi connectivity index (χ4v) is 2.25. The molecule has 2 aromatic heterocycles. The minimum atomic E-state index is -0.678. The first-order chi connectivity index (χ1) is 10.6. The summed E-state index contributed by atoms with van der Waals surface area (Å²) in [6.45, 7) is 3.77. The molecule has 0 spiro atoms. The SMILES string of the molecule is CC(C)c1coc(=O)n1C(=O)/C=C/c1cc2ccccc2o1. The predicted molar refractivity (Wildman–Crippen MR) is 82.9 cm³/mol. The highest BCUT2D eigenvalue weighted by molar-refractivity contribution is 5.94. The fourth-order valence-electron chi connectivity index (χ4n) is 2.25. The molecule has 112 valence electrons. The van der Waals surface area contributed by atoms with Crippen LogP contribution < -0.4 is 5.76 Å². The zero-order valence-corrected chi connectivity index (χ0v) is 12.3. The third-order valence-electron chi connectivity index (χ3n) is 3.37. The van der Waals surface area contributed by atoms with Gasteiger partial charge in [-0.05, 0) is 24.1 Å². The summed E-state index contributed by atoms with van der Waals surface area (Å²) in [7, 11) is 0. The first kappa shape index (κ1) is 14.1. The van der Waals surface area contributed by atoms with Crippen LogP contribution in [0.2, 0.25) is 0 Å². The van der Waals surface area contributed by atoms with Crippen LogP contribution in [0.5, 0.6) is 0 Å². The molecular formula is C17H15NO4. The second-order valence-electron chi connectivity index (χ2n) is 5.27. The Balaban J connectivity index is 1.91. The lowest BCUT2D eigenvalue weighted by Gasteiger charge is -2.04. The van der Waals surface area contributed by atoms with E-state index in [0.717, 1.165) is 15.5 Å². The van der Waals surface area contributed by atoms with Crippen molar-refractivity contribution in [3.63, 3.8) is 0 Å². The highest BCUT2D eigenvalue weighted by Gasteiger charge is 2.16. The molecule has 0 atom stereocenters. The predicted octanol–water partition coefficient (Wildman–Crippen LogP) is 3.66. The Morgan fingerprint density at radius 3 is 2.77 bits per heavy atom. The number of oxazole rings is 1. The van der Waals surface area contributed by atoms with Gasteiger partial charge in [-0.25, -0.2) is 9.36 Å². The van der Waals surface area contributed by atoms with Crippen molar-refractivity contribution in [2.45, 2.75) is 19.8 Å². The largest absolute Gasteiger partial charge is 0.457 e. The zero-order valence-electron chi connectivity index (χ0n) is 12.3. The molecule has 0 aliphatic rings. The Bertz CT molecular complexity index is 875. The van der Waals surface area contributed by atoms with Crippen LogP contribution in [0.3, 0.4) is 0 Å². The van der Waals surface area contributed by atoms with Crippen molar-refractivity contribution in [2.75, 3.05) is 0 Å². The van der Waals surface area contributed by atoms with Crippen LogP contribution in [0, 0.1) is 0 Å². The van der Waals surface area contributed by atoms with Gasteiger partial charge in [0.05, 0.1) is 5.69 Å². The molecule has 3 aromatic rings. The lowest BCUT2D eigenvalue weighted by molar-refractivity contribution is 0.0958. The molecule has 0 fully saturated rings. The van der Waals surface area contributed by atoms with Crippen LogP contribution in [-0.2, 0) is 0 Å². The zero-order chi connectivity index (χ0) is 15.7. The van der Waals surface area contributed by atoms with Crippen molar-refractivity contribution < 1.29 is 13.6 Å². The normalized spacial score (nSPS) is 11.8. The summed E-state index contributed by atoms with van der Waals surface area (Å²) in [5.41, 5.74) is 1.29. The average Bonchev–Trinajstić information content (AvgIpc) is 3.07. The van der Waals surface area contributed by atoms with Crippen molar-refractivity contribution in [1.29, 1.82) is 0 Å². The van der Waals surface area contributed by atoms with Gasteiger partial charge in [-0.1, -0.05) is 32.0 Å². The molecule has 2 heterocycles. The van der Waals surface area contributed by atoms with Gasteiger partial charge in [0, 0.05) is 11.5 Å². The summed E-state index contributed by atoms with van der Waals surface area (Å²) < 4.78 is 11.4. The lowest BCUT2D eigenvalue weighted by atomic mass is 10.1. The van der Waals surface area contributed by atoms with Crippen molar-refractivity contribution in [3.05, 3.63) is 64.7 Å². The molecule has 0 aliphatic heterocycles. The van der Waals surface area contributed by atoms with E-state index in [1.54, 1.807) is 6.08 Å². The van der Waals surface area contributed by atoms with Crippen LogP contribution in [0.25, 0.3) is 17.0 Å². The third kappa shape index (κ3) is 2.53. The number of benzene rings is 1. The topological polar surface area (TPSA) is 65.3 Å². The standard InChI is InChI=1S/C17H15NO4/c1-11(2)14-10-21-17(20)18(14)16(19)8-7-13-9-12-5-3-4-6-15(12)22-13/h3-11H,1-2H3/b8-7+. The van der Waals surface area contributed by atoms with Gasteiger partial charge < -0.3 is 8.83 Å². The van der Waals surface area contributed by atoms with Gasteiger partial charge in [-0.3, -0.25) is 4.79 Å². The van der Waals surface area contributed by atoms with Crippen molar-refractivity contribution in [1.82, 2.24) is 4.57 Å². The molecule has 0 bridgehead atoms. The van der Waals surface area contributed by atoms with Crippen LogP contribution in [0.1, 0.15) is 36.0 Å². The Morgan fingerprint density at radius 1 is 1.27 bits per heavy atom. The van der Waals surface area contributed by atoms with E-state index in [-0.39, 0.29) is 5.92 Å². The Kier molecular flexibility index (Phi) is 3.55. The summed E-state index contributed by atoms with van der Waals surface area (Å²) in [5, 5.41) is 0.956. The maximum atomic E-state index is 12.2. The molecule has 0 aliphatic carbocycles. The molecule has 1 aromatic carbocycles. The molecule has 0 saturated carbocycles. The molecule has 5 heteroatoms. The van der Waals surface area contributed by atoms with E-state index in [0.29, 0.717) is 11.5 Å². The number of hydrogen-bond acceptors (Lipinski definition) is 4. The highest BCUT2D eigenvalue weighted by Crippen LogP contribution is 2.20. The van der Waals surface area contributed by atoms with E-state index in [9.17, 15) is 9.59 Å². The van der Waals surface area contributed by atoms with E-state index in [4.69, 9.17) is 8.83 Å². The maximum absolute atomic E-state index is 12.2. The summed E-state index contributed by atoms with van der Waals surface area (Å²) in [5.74, 6) is -0.571.